The molecule has 4 aromatic carbocycles. The van der Waals surface area contributed by atoms with E-state index in [4.69, 9.17) is 0 Å². The number of phenols is 3. The molecular formula is C22H16N4O9S2. The van der Waals surface area contributed by atoms with E-state index in [0.717, 1.165) is 12.1 Å². The molecule has 0 aromatic heterocycles. The Morgan fingerprint density at radius 1 is 0.568 bits per heavy atom. The number of aromatic hydroxyl groups is 3. The van der Waals surface area contributed by atoms with Crippen molar-refractivity contribution in [3.05, 3.63) is 66.7 Å². The molecule has 0 aliphatic heterocycles. The number of nitrogens with zero attached hydrogens (tertiary/aromatic N) is 4. The minimum Gasteiger partial charge on any atom is -0.508 e. The third kappa shape index (κ3) is 5.39. The first-order valence-corrected chi connectivity index (χ1v) is 12.9. The fraction of sp³-hybridized carbons (Fsp3) is 0. The first-order chi connectivity index (χ1) is 17.4. The topological polar surface area (TPSA) is 219 Å². The smallest absolute Gasteiger partial charge is 0.296 e. The van der Waals surface area contributed by atoms with Gasteiger partial charge in [-0.3, -0.25) is 9.11 Å². The lowest BCUT2D eigenvalue weighted by molar-refractivity contribution is 0.458. The number of rotatable bonds is 6. The van der Waals surface area contributed by atoms with Gasteiger partial charge in [0.05, 0.1) is 16.8 Å². The van der Waals surface area contributed by atoms with Crippen molar-refractivity contribution < 1.29 is 41.3 Å². The Bertz CT molecular complexity index is 1790. The molecule has 0 saturated heterocycles. The van der Waals surface area contributed by atoms with Gasteiger partial charge in [0.15, 0.2) is 11.5 Å². The van der Waals surface area contributed by atoms with Gasteiger partial charge in [-0.25, -0.2) is 0 Å². The Labute approximate surface area is 209 Å². The molecule has 190 valence electrons. The van der Waals surface area contributed by atoms with Gasteiger partial charge in [-0.05, 0) is 53.9 Å². The highest BCUT2D eigenvalue weighted by Crippen LogP contribution is 2.50. The van der Waals surface area contributed by atoms with Crippen molar-refractivity contribution >= 4 is 53.8 Å². The summed E-state index contributed by atoms with van der Waals surface area (Å²) in [5.74, 6) is -2.06. The summed E-state index contributed by atoms with van der Waals surface area (Å²) in [4.78, 5) is -1.92. The number of hydrogen-bond acceptors (Lipinski definition) is 11. The number of benzene rings is 4. The minimum atomic E-state index is -5.07. The van der Waals surface area contributed by atoms with Crippen LogP contribution in [-0.2, 0) is 20.2 Å². The Morgan fingerprint density at radius 2 is 1.00 bits per heavy atom. The van der Waals surface area contributed by atoms with Crippen molar-refractivity contribution in [2.24, 2.45) is 20.5 Å². The molecule has 5 N–H and O–H groups in total. The van der Waals surface area contributed by atoms with Gasteiger partial charge in [-0.2, -0.15) is 27.1 Å². The molecule has 0 atom stereocenters. The van der Waals surface area contributed by atoms with Gasteiger partial charge in [0.1, 0.15) is 26.9 Å². The molecule has 0 aliphatic rings. The van der Waals surface area contributed by atoms with Gasteiger partial charge in [0.25, 0.3) is 20.2 Å². The van der Waals surface area contributed by atoms with Gasteiger partial charge in [0, 0.05) is 0 Å². The maximum Gasteiger partial charge on any atom is 0.296 e. The monoisotopic (exact) mass is 544 g/mol. The molecular weight excluding hydrogens is 528 g/mol. The molecule has 0 fully saturated rings. The molecule has 4 aromatic rings. The van der Waals surface area contributed by atoms with Crippen LogP contribution < -0.4 is 0 Å². The van der Waals surface area contributed by atoms with Gasteiger partial charge >= 0.3 is 0 Å². The van der Waals surface area contributed by atoms with Crippen LogP contribution in [0.1, 0.15) is 0 Å². The van der Waals surface area contributed by atoms with E-state index in [9.17, 15) is 41.3 Å². The van der Waals surface area contributed by atoms with Crippen molar-refractivity contribution in [3.8, 4) is 17.2 Å². The molecule has 0 heterocycles. The van der Waals surface area contributed by atoms with E-state index in [1.807, 2.05) is 0 Å². The highest BCUT2D eigenvalue weighted by molar-refractivity contribution is 7.86. The van der Waals surface area contributed by atoms with Crippen LogP contribution in [0.25, 0.3) is 10.8 Å². The predicted molar refractivity (Wildman–Crippen MR) is 130 cm³/mol. The van der Waals surface area contributed by atoms with E-state index in [1.54, 1.807) is 18.2 Å². The molecule has 0 radical (unpaired) electrons. The summed E-state index contributed by atoms with van der Waals surface area (Å²) in [6, 6.07) is 14.6. The van der Waals surface area contributed by atoms with E-state index in [0.29, 0.717) is 0 Å². The van der Waals surface area contributed by atoms with E-state index in [1.165, 1.54) is 36.4 Å². The molecule has 4 rings (SSSR count). The molecule has 0 bridgehead atoms. The minimum absolute atomic E-state index is 0.0807. The molecule has 13 nitrogen and oxygen atoms in total. The lowest BCUT2D eigenvalue weighted by Gasteiger charge is -2.13. The Hall–Kier alpha value is -4.44. The highest BCUT2D eigenvalue weighted by Gasteiger charge is 2.28. The lowest BCUT2D eigenvalue weighted by atomic mass is 10.1. The van der Waals surface area contributed by atoms with Crippen molar-refractivity contribution in [2.45, 2.75) is 9.79 Å². The Morgan fingerprint density at radius 3 is 1.43 bits per heavy atom. The Balaban J connectivity index is 2.03. The van der Waals surface area contributed by atoms with Crippen LogP contribution in [0.5, 0.6) is 17.2 Å². The van der Waals surface area contributed by atoms with Crippen molar-refractivity contribution in [3.63, 3.8) is 0 Å². The average Bonchev–Trinajstić information content (AvgIpc) is 2.82. The van der Waals surface area contributed by atoms with Gasteiger partial charge in [-0.15, -0.1) is 10.2 Å². The molecule has 37 heavy (non-hydrogen) atoms. The van der Waals surface area contributed by atoms with Crippen LogP contribution in [0.3, 0.4) is 0 Å². The largest absolute Gasteiger partial charge is 0.508 e. The maximum absolute atomic E-state index is 12.0. The van der Waals surface area contributed by atoms with E-state index >= 15 is 0 Å². The molecule has 15 heteroatoms. The zero-order chi connectivity index (χ0) is 27.0. The molecule has 0 saturated carbocycles. The summed E-state index contributed by atoms with van der Waals surface area (Å²) in [5.41, 5.74) is -1.15. The van der Waals surface area contributed by atoms with Gasteiger partial charge in [-0.1, -0.05) is 18.2 Å². The second-order valence-electron chi connectivity index (χ2n) is 7.44. The van der Waals surface area contributed by atoms with Gasteiger partial charge < -0.3 is 15.3 Å². The van der Waals surface area contributed by atoms with Crippen LogP contribution in [0.4, 0.5) is 22.7 Å². The van der Waals surface area contributed by atoms with Crippen LogP contribution in [0.15, 0.2) is 97.0 Å². The summed E-state index contributed by atoms with van der Waals surface area (Å²) in [6.45, 7) is 0. The van der Waals surface area contributed by atoms with Crippen LogP contribution >= 0.6 is 0 Å². The molecule has 0 spiro atoms. The standard InChI is InChI=1S/C22H16N4O9S2/c27-15-8-6-14(7-9-15)24-26-20-17(37(33,34)35)11-12-10-16(36(30,31)32)19(21(28)18(12)22(20)29)25-23-13-4-2-1-3-5-13/h1-11,27-29H,(H,30,31,32)(H,33,34,35). The molecule has 0 amide bonds. The van der Waals surface area contributed by atoms with Crippen LogP contribution in [-0.4, -0.2) is 41.3 Å². The summed E-state index contributed by atoms with van der Waals surface area (Å²) in [5, 5.41) is 45.2. The number of hydrogen-bond donors (Lipinski definition) is 5. The SMILES string of the molecule is O=S(=O)(O)c1cc2cc(S(=O)(=O)O)c(N=Nc3ccc(O)cc3)c(O)c2c(O)c1N=Nc1ccccc1. The van der Waals surface area contributed by atoms with Crippen molar-refractivity contribution in [1.82, 2.24) is 0 Å². The van der Waals surface area contributed by atoms with Crippen molar-refractivity contribution in [1.29, 1.82) is 0 Å². The Kier molecular flexibility index (Phi) is 6.62. The van der Waals surface area contributed by atoms with E-state index < -0.39 is 63.7 Å². The average molecular weight is 545 g/mol. The third-order valence-corrected chi connectivity index (χ3v) is 6.68. The summed E-state index contributed by atoms with van der Waals surface area (Å²) < 4.78 is 67.6. The molecule has 0 unspecified atom stereocenters. The summed E-state index contributed by atoms with van der Waals surface area (Å²) in [6.07, 6.45) is 0. The second kappa shape index (κ2) is 9.55. The normalized spacial score (nSPS) is 12.6. The van der Waals surface area contributed by atoms with Crippen LogP contribution in [0, 0.1) is 0 Å². The fourth-order valence-corrected chi connectivity index (χ4v) is 4.59. The maximum atomic E-state index is 12.0. The predicted octanol–water partition coefficient (Wildman–Crippen LogP) is 5.28. The van der Waals surface area contributed by atoms with E-state index in [-0.39, 0.29) is 17.1 Å². The third-order valence-electron chi connectivity index (χ3n) is 4.94. The number of fused-ring (bicyclic) bond motifs is 1. The van der Waals surface area contributed by atoms with E-state index in [2.05, 4.69) is 20.5 Å². The number of azo groups is 2. The first kappa shape index (κ1) is 25.6. The van der Waals surface area contributed by atoms with Gasteiger partial charge in [0.2, 0.25) is 0 Å². The second-order valence-corrected chi connectivity index (χ2v) is 10.2. The van der Waals surface area contributed by atoms with Crippen molar-refractivity contribution in [2.75, 3.05) is 0 Å². The highest BCUT2D eigenvalue weighted by atomic mass is 32.2. The fourth-order valence-electron chi connectivity index (χ4n) is 3.28. The molecule has 0 aliphatic carbocycles. The first-order valence-electron chi connectivity index (χ1n) is 10.0. The summed E-state index contributed by atoms with van der Waals surface area (Å²) >= 11 is 0. The zero-order valence-electron chi connectivity index (χ0n) is 18.3. The summed E-state index contributed by atoms with van der Waals surface area (Å²) in [7, 11) is -10.1. The van der Waals surface area contributed by atoms with Crippen LogP contribution in [0.2, 0.25) is 0 Å². The zero-order valence-corrected chi connectivity index (χ0v) is 20.0. The lowest BCUT2D eigenvalue weighted by Crippen LogP contribution is -2.01. The quantitative estimate of drug-likeness (QED) is 0.157. The number of phenolic OH excluding ortho intramolecular Hbond substituents is 3.